The van der Waals surface area contributed by atoms with Crippen molar-refractivity contribution in [2.24, 2.45) is 5.92 Å². The lowest BCUT2D eigenvalue weighted by Gasteiger charge is -2.42. The Bertz CT molecular complexity index is 1540. The molecule has 0 amide bonds. The number of phenolic OH excluding ortho intramolecular Hbond substituents is 4. The summed E-state index contributed by atoms with van der Waals surface area (Å²) < 4.78 is 27.4. The van der Waals surface area contributed by atoms with E-state index >= 15 is 0 Å². The summed E-state index contributed by atoms with van der Waals surface area (Å²) in [6.07, 6.45) is -14.7. The van der Waals surface area contributed by atoms with Gasteiger partial charge < -0.3 is 74.4 Å². The van der Waals surface area contributed by atoms with Crippen molar-refractivity contribution in [1.29, 1.82) is 0 Å². The predicted octanol–water partition coefficient (Wildman–Crippen LogP) is -1.48. The normalized spacial score (nSPS) is 33.0. The molecule has 3 aromatic rings. The molecule has 5 rings (SSSR count). The largest absolute Gasteiger partial charge is 0.508 e. The minimum Gasteiger partial charge on any atom is -0.508 e. The molecule has 2 aromatic carbocycles. The van der Waals surface area contributed by atoms with Gasteiger partial charge in [-0.1, -0.05) is 0 Å². The van der Waals surface area contributed by atoms with Gasteiger partial charge in [0.05, 0.1) is 12.7 Å². The molecule has 2 aliphatic heterocycles. The number of aliphatic hydroxyl groups excluding tert-OH is 6. The van der Waals surface area contributed by atoms with Crippen molar-refractivity contribution >= 4 is 11.0 Å². The van der Waals surface area contributed by atoms with Gasteiger partial charge >= 0.3 is 0 Å². The van der Waals surface area contributed by atoms with Crippen molar-refractivity contribution in [3.63, 3.8) is 0 Å². The highest BCUT2D eigenvalue weighted by atomic mass is 16.7. The molecule has 0 radical (unpaired) electrons. The fraction of sp³-hybridized carbons (Fsp3) is 0.444. The summed E-state index contributed by atoms with van der Waals surface area (Å²) in [5, 5.41) is 102. The maximum Gasteiger partial charge on any atom is 0.239 e. The summed E-state index contributed by atoms with van der Waals surface area (Å²) in [6, 6.07) is 5.24. The number of hydrogen-bond acceptors (Lipinski definition) is 16. The van der Waals surface area contributed by atoms with Gasteiger partial charge in [0.25, 0.3) is 0 Å². The summed E-state index contributed by atoms with van der Waals surface area (Å²) in [6.45, 7) is 0.812. The van der Waals surface area contributed by atoms with Crippen LogP contribution >= 0.6 is 0 Å². The SMILES string of the molecule is C[C@H]1O[C@@H](OC[C@H]2[C@H](O)[C@H](Oc3c(-c4ccc(O)c(O)c4)oc4cc(O)cc(O)c4c3=O)O[C@H](O)[C@H]2O)[C@H](O)[C@H](O)[C@H]1O. The van der Waals surface area contributed by atoms with Crippen LogP contribution in [0.2, 0.25) is 0 Å². The topological polar surface area (TPSA) is 269 Å². The molecule has 2 fully saturated rings. The van der Waals surface area contributed by atoms with Gasteiger partial charge in [-0.05, 0) is 25.1 Å². The van der Waals surface area contributed by atoms with E-state index in [2.05, 4.69) is 0 Å². The summed E-state index contributed by atoms with van der Waals surface area (Å²) in [4.78, 5) is 13.6. The van der Waals surface area contributed by atoms with Crippen molar-refractivity contribution in [2.75, 3.05) is 6.61 Å². The second-order valence-corrected chi connectivity index (χ2v) is 10.3. The Kier molecular flexibility index (Phi) is 8.41. The van der Waals surface area contributed by atoms with E-state index in [-0.39, 0.29) is 11.1 Å². The molecule has 0 spiro atoms. The predicted molar refractivity (Wildman–Crippen MR) is 140 cm³/mol. The molecule has 16 heteroatoms. The highest BCUT2D eigenvalue weighted by Crippen LogP contribution is 2.40. The number of aromatic hydroxyl groups is 4. The first-order valence-corrected chi connectivity index (χ1v) is 13.0. The summed E-state index contributed by atoms with van der Waals surface area (Å²) in [7, 11) is 0. The van der Waals surface area contributed by atoms with Crippen molar-refractivity contribution < 1.29 is 74.4 Å². The van der Waals surface area contributed by atoms with Crippen LogP contribution in [0.4, 0.5) is 0 Å². The Morgan fingerprint density at radius 3 is 2.19 bits per heavy atom. The van der Waals surface area contributed by atoms with Crippen LogP contribution in [0.3, 0.4) is 0 Å². The molecule has 10 atom stereocenters. The van der Waals surface area contributed by atoms with E-state index in [1.807, 2.05) is 0 Å². The second-order valence-electron chi connectivity index (χ2n) is 10.3. The Labute approximate surface area is 241 Å². The zero-order valence-corrected chi connectivity index (χ0v) is 22.3. The number of phenols is 4. The van der Waals surface area contributed by atoms with Gasteiger partial charge in [-0.25, -0.2) is 0 Å². The minimum atomic E-state index is -2.00. The number of aliphatic hydroxyl groups is 6. The van der Waals surface area contributed by atoms with Gasteiger partial charge in [0.2, 0.25) is 17.5 Å². The van der Waals surface area contributed by atoms with Crippen LogP contribution in [0.15, 0.2) is 39.5 Å². The molecule has 1 aromatic heterocycles. The molecular formula is C27H30O16. The Balaban J connectivity index is 1.48. The first-order valence-electron chi connectivity index (χ1n) is 13.0. The highest BCUT2D eigenvalue weighted by molar-refractivity contribution is 5.88. The van der Waals surface area contributed by atoms with Gasteiger partial charge in [0.1, 0.15) is 53.0 Å². The fourth-order valence-electron chi connectivity index (χ4n) is 4.91. The summed E-state index contributed by atoms with van der Waals surface area (Å²) >= 11 is 0. The van der Waals surface area contributed by atoms with E-state index in [1.54, 1.807) is 0 Å². The van der Waals surface area contributed by atoms with E-state index in [0.717, 1.165) is 24.3 Å². The molecule has 43 heavy (non-hydrogen) atoms. The molecule has 234 valence electrons. The number of benzene rings is 2. The first kappa shape index (κ1) is 30.7. The lowest BCUT2D eigenvalue weighted by molar-refractivity contribution is -0.332. The van der Waals surface area contributed by atoms with Gasteiger partial charge in [-0.3, -0.25) is 4.79 Å². The lowest BCUT2D eigenvalue weighted by atomic mass is 9.93. The molecule has 0 unspecified atom stereocenters. The molecule has 0 aliphatic carbocycles. The van der Waals surface area contributed by atoms with Crippen molar-refractivity contribution in [2.45, 2.75) is 62.4 Å². The Hall–Kier alpha value is -3.71. The molecule has 10 N–H and O–H groups in total. The molecule has 3 heterocycles. The number of hydrogen-bond donors (Lipinski definition) is 10. The second kappa shape index (κ2) is 11.8. The van der Waals surface area contributed by atoms with Gasteiger partial charge in [-0.15, -0.1) is 0 Å². The molecule has 16 nitrogen and oxygen atoms in total. The third-order valence-electron chi connectivity index (χ3n) is 7.37. The van der Waals surface area contributed by atoms with Crippen LogP contribution < -0.4 is 10.2 Å². The molecule has 0 saturated carbocycles. The summed E-state index contributed by atoms with van der Waals surface area (Å²) in [5.41, 5.74) is -1.35. The van der Waals surface area contributed by atoms with Crippen LogP contribution in [-0.2, 0) is 14.2 Å². The monoisotopic (exact) mass is 610 g/mol. The Morgan fingerprint density at radius 2 is 1.49 bits per heavy atom. The number of ether oxygens (including phenoxy) is 4. The number of fused-ring (bicyclic) bond motifs is 1. The molecule has 2 saturated heterocycles. The third-order valence-corrected chi connectivity index (χ3v) is 7.37. The maximum atomic E-state index is 13.6. The molecular weight excluding hydrogens is 580 g/mol. The maximum absolute atomic E-state index is 13.6. The first-order chi connectivity index (χ1) is 20.3. The van der Waals surface area contributed by atoms with Crippen LogP contribution in [0.1, 0.15) is 6.92 Å². The van der Waals surface area contributed by atoms with Gasteiger partial charge in [0.15, 0.2) is 29.8 Å². The van der Waals surface area contributed by atoms with E-state index < -0.39 is 113 Å². The number of rotatable bonds is 6. The molecule has 0 bridgehead atoms. The van der Waals surface area contributed by atoms with Gasteiger partial charge in [-0.2, -0.15) is 0 Å². The van der Waals surface area contributed by atoms with Crippen LogP contribution in [-0.4, -0.2) is 113 Å². The van der Waals surface area contributed by atoms with E-state index in [9.17, 15) is 55.9 Å². The highest BCUT2D eigenvalue weighted by Gasteiger charge is 2.48. The Morgan fingerprint density at radius 1 is 0.767 bits per heavy atom. The average Bonchev–Trinajstić information content (AvgIpc) is 2.95. The molecule has 2 aliphatic rings. The quantitative estimate of drug-likeness (QED) is 0.143. The minimum absolute atomic E-state index is 0.0313. The van der Waals surface area contributed by atoms with Crippen LogP contribution in [0, 0.1) is 5.92 Å². The average molecular weight is 611 g/mol. The van der Waals surface area contributed by atoms with E-state index in [4.69, 9.17) is 23.4 Å². The fourth-order valence-corrected chi connectivity index (χ4v) is 4.91. The van der Waals surface area contributed by atoms with E-state index in [0.29, 0.717) is 0 Å². The third kappa shape index (κ3) is 5.67. The van der Waals surface area contributed by atoms with Crippen molar-refractivity contribution in [3.05, 3.63) is 40.6 Å². The van der Waals surface area contributed by atoms with E-state index in [1.165, 1.54) is 13.0 Å². The van der Waals surface area contributed by atoms with Crippen molar-refractivity contribution in [3.8, 4) is 40.1 Å². The van der Waals surface area contributed by atoms with Crippen molar-refractivity contribution in [1.82, 2.24) is 0 Å². The zero-order chi connectivity index (χ0) is 31.3. The van der Waals surface area contributed by atoms with Gasteiger partial charge in [0, 0.05) is 23.6 Å². The summed E-state index contributed by atoms with van der Waals surface area (Å²) in [5.74, 6) is -4.73. The zero-order valence-electron chi connectivity index (χ0n) is 22.3. The van der Waals surface area contributed by atoms with Crippen LogP contribution in [0.25, 0.3) is 22.3 Å². The smallest absolute Gasteiger partial charge is 0.239 e. The standard InChI is InChI=1S/C27H30O16/c1-8-17(32)21(36)22(37)26(40-8)39-7-11-18(33)25(38)43-27(19(11)34)42-24-20(35)16-14(31)5-10(28)6-15(16)41-23(24)9-2-3-12(29)13(30)4-9/h2-6,8,11,17-19,21-22,25-34,36-38H,7H2,1H3/t8-,11-,17+,18+,19+,21-,22-,25+,26-,27-/m1/s1. The van der Waals surface area contributed by atoms with Crippen LogP contribution in [0.5, 0.6) is 28.7 Å². The lowest BCUT2D eigenvalue weighted by Crippen LogP contribution is -2.60.